The van der Waals surface area contributed by atoms with Crippen molar-refractivity contribution in [2.24, 2.45) is 5.14 Å². The lowest BCUT2D eigenvalue weighted by Gasteiger charge is -2.09. The lowest BCUT2D eigenvalue weighted by atomic mass is 10.1. The largest absolute Gasteiger partial charge is 0.497 e. The number of primary sulfonamides is 1. The van der Waals surface area contributed by atoms with Gasteiger partial charge in [0.15, 0.2) is 0 Å². The molecule has 0 fully saturated rings. The van der Waals surface area contributed by atoms with Crippen LogP contribution in [0, 0.1) is 0 Å². The van der Waals surface area contributed by atoms with Crippen LogP contribution < -0.4 is 15.2 Å². The third-order valence-electron chi connectivity index (χ3n) is 3.80. The summed E-state index contributed by atoms with van der Waals surface area (Å²) in [5.74, 6) is 1.47. The summed E-state index contributed by atoms with van der Waals surface area (Å²) in [5.41, 5.74) is 1.83. The number of aromatic nitrogens is 2. The van der Waals surface area contributed by atoms with Crippen LogP contribution in [0.3, 0.4) is 0 Å². The number of hydrogen-bond donors (Lipinski definition) is 2. The summed E-state index contributed by atoms with van der Waals surface area (Å²) in [6, 6.07) is 12.1. The first-order valence-corrected chi connectivity index (χ1v) is 9.16. The Kier molecular flexibility index (Phi) is 4.82. The van der Waals surface area contributed by atoms with Gasteiger partial charge in [0.1, 0.15) is 17.9 Å². The van der Waals surface area contributed by atoms with Gasteiger partial charge in [-0.2, -0.15) is 0 Å². The highest BCUT2D eigenvalue weighted by Crippen LogP contribution is 2.24. The molecular weight excluding hydrogens is 340 g/mol. The zero-order valence-electron chi connectivity index (χ0n) is 13.6. The number of sulfonamides is 1. The fraction of sp³-hybridized carbons (Fsp3) is 0.176. The third kappa shape index (κ3) is 4.04. The fourth-order valence-electron chi connectivity index (χ4n) is 2.47. The number of rotatable bonds is 6. The lowest BCUT2D eigenvalue weighted by molar-refractivity contribution is 0.415. The van der Waals surface area contributed by atoms with Crippen molar-refractivity contribution in [1.82, 2.24) is 9.97 Å². The smallest absolute Gasteiger partial charge is 0.238 e. The molecule has 0 bridgehead atoms. The van der Waals surface area contributed by atoms with Crippen LogP contribution in [-0.4, -0.2) is 32.0 Å². The van der Waals surface area contributed by atoms with E-state index in [1.54, 1.807) is 19.2 Å². The van der Waals surface area contributed by atoms with Gasteiger partial charge in [0.05, 0.1) is 17.5 Å². The molecule has 1 aromatic heterocycles. The molecule has 0 aliphatic rings. The zero-order chi connectivity index (χ0) is 17.9. The average molecular weight is 358 g/mol. The first-order chi connectivity index (χ1) is 12.0. The van der Waals surface area contributed by atoms with Crippen molar-refractivity contribution in [2.45, 2.75) is 11.3 Å². The minimum Gasteiger partial charge on any atom is -0.497 e. The molecule has 0 saturated carbocycles. The number of ether oxygens (including phenoxy) is 1. The molecule has 0 saturated heterocycles. The summed E-state index contributed by atoms with van der Waals surface area (Å²) in [6.45, 7) is 0.637. The van der Waals surface area contributed by atoms with Gasteiger partial charge in [-0.1, -0.05) is 12.1 Å². The molecule has 0 aliphatic heterocycles. The van der Waals surface area contributed by atoms with Crippen LogP contribution in [0.5, 0.6) is 5.75 Å². The van der Waals surface area contributed by atoms with Crippen LogP contribution in [0.1, 0.15) is 5.56 Å². The maximum Gasteiger partial charge on any atom is 0.238 e. The van der Waals surface area contributed by atoms with Gasteiger partial charge in [-0.15, -0.1) is 0 Å². The Morgan fingerprint density at radius 2 is 1.88 bits per heavy atom. The topological polar surface area (TPSA) is 107 Å². The van der Waals surface area contributed by atoms with Gasteiger partial charge >= 0.3 is 0 Å². The Balaban J connectivity index is 1.71. The molecule has 3 rings (SSSR count). The summed E-state index contributed by atoms with van der Waals surface area (Å²) in [6.07, 6.45) is 2.22. The van der Waals surface area contributed by atoms with Gasteiger partial charge in [-0.25, -0.2) is 23.5 Å². The van der Waals surface area contributed by atoms with E-state index in [9.17, 15) is 8.42 Å². The van der Waals surface area contributed by atoms with Crippen molar-refractivity contribution in [3.63, 3.8) is 0 Å². The maximum atomic E-state index is 11.3. The first kappa shape index (κ1) is 17.1. The highest BCUT2D eigenvalue weighted by Gasteiger charge is 2.07. The monoisotopic (exact) mass is 358 g/mol. The Bertz CT molecular complexity index is 988. The molecule has 0 amide bonds. The molecule has 3 aromatic rings. The van der Waals surface area contributed by atoms with Gasteiger partial charge in [0, 0.05) is 11.9 Å². The lowest BCUT2D eigenvalue weighted by Crippen LogP contribution is -2.12. The quantitative estimate of drug-likeness (QED) is 0.697. The minimum atomic E-state index is -3.66. The van der Waals surface area contributed by atoms with Crippen molar-refractivity contribution < 1.29 is 13.2 Å². The molecule has 0 radical (unpaired) electrons. The summed E-state index contributed by atoms with van der Waals surface area (Å²) in [5, 5.41) is 9.26. The summed E-state index contributed by atoms with van der Waals surface area (Å²) < 4.78 is 27.8. The molecule has 0 aliphatic carbocycles. The number of nitrogens with two attached hydrogens (primary N) is 1. The van der Waals surface area contributed by atoms with Gasteiger partial charge in [-0.3, -0.25) is 0 Å². The van der Waals surface area contributed by atoms with Crippen LogP contribution in [-0.2, 0) is 16.4 Å². The average Bonchev–Trinajstić information content (AvgIpc) is 2.61. The Hall–Kier alpha value is -2.71. The first-order valence-electron chi connectivity index (χ1n) is 7.62. The standard InChI is InChI=1S/C17H18N4O3S/c1-24-13-4-7-16-15(10-13)17(21-11-20-16)19-9-8-12-2-5-14(6-3-12)25(18,22)23/h2-7,10-11H,8-9H2,1H3,(H2,18,22,23)(H,19,20,21). The van der Waals surface area contributed by atoms with Crippen molar-refractivity contribution in [3.05, 3.63) is 54.4 Å². The molecule has 130 valence electrons. The number of fused-ring (bicyclic) bond motifs is 1. The molecular formula is C17H18N4O3S. The van der Waals surface area contributed by atoms with E-state index in [-0.39, 0.29) is 4.90 Å². The van der Waals surface area contributed by atoms with E-state index in [4.69, 9.17) is 9.88 Å². The van der Waals surface area contributed by atoms with E-state index in [0.29, 0.717) is 13.0 Å². The summed E-state index contributed by atoms with van der Waals surface area (Å²) in [7, 11) is -2.04. The van der Waals surface area contributed by atoms with Gasteiger partial charge in [-0.05, 0) is 42.3 Å². The van der Waals surface area contributed by atoms with E-state index < -0.39 is 10.0 Å². The van der Waals surface area contributed by atoms with Crippen LogP contribution in [0.25, 0.3) is 10.9 Å². The van der Waals surface area contributed by atoms with Crippen molar-refractivity contribution in [3.8, 4) is 5.75 Å². The number of hydrogen-bond acceptors (Lipinski definition) is 6. The van der Waals surface area contributed by atoms with Crippen molar-refractivity contribution in [1.29, 1.82) is 0 Å². The predicted molar refractivity (Wildman–Crippen MR) is 96.1 cm³/mol. The second-order valence-electron chi connectivity index (χ2n) is 5.47. The van der Waals surface area contributed by atoms with E-state index in [1.165, 1.54) is 18.5 Å². The summed E-state index contributed by atoms with van der Waals surface area (Å²) in [4.78, 5) is 8.64. The molecule has 1 heterocycles. The Morgan fingerprint density at radius 3 is 2.56 bits per heavy atom. The van der Waals surface area contributed by atoms with Crippen molar-refractivity contribution >= 4 is 26.7 Å². The predicted octanol–water partition coefficient (Wildman–Crippen LogP) is 1.94. The molecule has 7 nitrogen and oxygen atoms in total. The molecule has 2 aromatic carbocycles. The van der Waals surface area contributed by atoms with Crippen LogP contribution in [0.15, 0.2) is 53.7 Å². The third-order valence-corrected chi connectivity index (χ3v) is 4.73. The SMILES string of the molecule is COc1ccc2ncnc(NCCc3ccc(S(N)(=O)=O)cc3)c2c1. The maximum absolute atomic E-state index is 11.3. The molecule has 25 heavy (non-hydrogen) atoms. The van der Waals surface area contributed by atoms with E-state index >= 15 is 0 Å². The molecule has 0 atom stereocenters. The minimum absolute atomic E-state index is 0.109. The van der Waals surface area contributed by atoms with E-state index in [0.717, 1.165) is 28.0 Å². The van der Waals surface area contributed by atoms with Gasteiger partial charge in [0.2, 0.25) is 10.0 Å². The molecule has 8 heteroatoms. The molecule has 0 unspecified atom stereocenters. The highest BCUT2D eigenvalue weighted by atomic mass is 32.2. The Morgan fingerprint density at radius 1 is 1.12 bits per heavy atom. The summed E-state index contributed by atoms with van der Waals surface area (Å²) >= 11 is 0. The van der Waals surface area contributed by atoms with Crippen LogP contribution in [0.4, 0.5) is 5.82 Å². The Labute approximate surface area is 145 Å². The van der Waals surface area contributed by atoms with Gasteiger partial charge < -0.3 is 10.1 Å². The number of benzene rings is 2. The molecule has 0 spiro atoms. The second kappa shape index (κ2) is 7.04. The number of anilines is 1. The second-order valence-corrected chi connectivity index (χ2v) is 7.03. The normalized spacial score (nSPS) is 11.4. The van der Waals surface area contributed by atoms with E-state index in [1.807, 2.05) is 18.2 Å². The van der Waals surface area contributed by atoms with E-state index in [2.05, 4.69) is 15.3 Å². The fourth-order valence-corrected chi connectivity index (χ4v) is 2.99. The molecule has 3 N–H and O–H groups in total. The van der Waals surface area contributed by atoms with Crippen LogP contribution in [0.2, 0.25) is 0 Å². The van der Waals surface area contributed by atoms with Gasteiger partial charge in [0.25, 0.3) is 0 Å². The zero-order valence-corrected chi connectivity index (χ0v) is 14.5. The van der Waals surface area contributed by atoms with Crippen LogP contribution >= 0.6 is 0 Å². The highest BCUT2D eigenvalue weighted by molar-refractivity contribution is 7.89. The number of nitrogens with zero attached hydrogens (tertiary/aromatic N) is 2. The van der Waals surface area contributed by atoms with Crippen molar-refractivity contribution in [2.75, 3.05) is 19.0 Å². The number of nitrogens with one attached hydrogen (secondary N) is 1. The number of methoxy groups -OCH3 is 1.